The largest absolute Gasteiger partial charge is 0.322 e. The molecule has 5 heteroatoms. The lowest BCUT2D eigenvalue weighted by atomic mass is 9.65. The Kier molecular flexibility index (Phi) is 3.76. The molecule has 2 fully saturated rings. The second-order valence-electron chi connectivity index (χ2n) is 9.37. The van der Waals surface area contributed by atoms with Crippen molar-refractivity contribution in [1.82, 2.24) is 14.9 Å². The van der Waals surface area contributed by atoms with E-state index in [0.717, 1.165) is 47.5 Å². The van der Waals surface area contributed by atoms with E-state index in [9.17, 15) is 4.79 Å². The average molecular weight is 352 g/mol. The van der Waals surface area contributed by atoms with Crippen molar-refractivity contribution in [3.8, 4) is 0 Å². The standard InChI is InChI=1S/C21H28N4O/c1-13-14(2)23-18-8-15(6-7-17(18)22-13)24-19(26)25-12-21(5)10-16(25)9-20(3,4)11-21/h6-8,16H,9-12H2,1-5H3,(H,24,26)/t16-,21+/m1/s1. The first kappa shape index (κ1) is 17.3. The van der Waals surface area contributed by atoms with Crippen LogP contribution in [0.25, 0.3) is 11.0 Å². The maximum absolute atomic E-state index is 12.9. The number of amides is 2. The first-order valence-electron chi connectivity index (χ1n) is 9.47. The summed E-state index contributed by atoms with van der Waals surface area (Å²) in [5.41, 5.74) is 4.87. The third-order valence-corrected chi connectivity index (χ3v) is 6.00. The van der Waals surface area contributed by atoms with E-state index in [-0.39, 0.29) is 11.4 Å². The van der Waals surface area contributed by atoms with Crippen LogP contribution in [0.1, 0.15) is 51.4 Å². The molecule has 0 unspecified atom stereocenters. The number of fused-ring (bicyclic) bond motifs is 3. The van der Waals surface area contributed by atoms with Gasteiger partial charge in [0.05, 0.1) is 22.4 Å². The van der Waals surface area contributed by atoms with E-state index in [1.165, 1.54) is 6.42 Å². The molecule has 1 aromatic carbocycles. The lowest BCUT2D eigenvalue weighted by Gasteiger charge is -2.39. The Morgan fingerprint density at radius 2 is 1.81 bits per heavy atom. The fourth-order valence-corrected chi connectivity index (χ4v) is 5.20. The fraction of sp³-hybridized carbons (Fsp3) is 0.571. The molecule has 26 heavy (non-hydrogen) atoms. The maximum Gasteiger partial charge on any atom is 0.322 e. The van der Waals surface area contributed by atoms with E-state index in [1.807, 2.05) is 36.9 Å². The quantitative estimate of drug-likeness (QED) is 0.811. The summed E-state index contributed by atoms with van der Waals surface area (Å²) in [5.74, 6) is 0. The number of aryl methyl sites for hydroxylation is 2. The molecular formula is C21H28N4O. The fourth-order valence-electron chi connectivity index (χ4n) is 5.20. The molecule has 5 nitrogen and oxygen atoms in total. The van der Waals surface area contributed by atoms with Crippen LogP contribution in [0.3, 0.4) is 0 Å². The molecule has 0 radical (unpaired) electrons. The van der Waals surface area contributed by atoms with Crippen molar-refractivity contribution in [3.05, 3.63) is 29.6 Å². The van der Waals surface area contributed by atoms with Gasteiger partial charge in [-0.15, -0.1) is 0 Å². The van der Waals surface area contributed by atoms with Crippen LogP contribution in [0.4, 0.5) is 10.5 Å². The van der Waals surface area contributed by atoms with Gasteiger partial charge >= 0.3 is 6.03 Å². The van der Waals surface area contributed by atoms with Crippen molar-refractivity contribution in [2.75, 3.05) is 11.9 Å². The van der Waals surface area contributed by atoms with Crippen LogP contribution >= 0.6 is 0 Å². The predicted molar refractivity (Wildman–Crippen MR) is 104 cm³/mol. The average Bonchev–Trinajstić information content (AvgIpc) is 2.78. The summed E-state index contributed by atoms with van der Waals surface area (Å²) < 4.78 is 0. The number of nitrogens with zero attached hydrogens (tertiary/aromatic N) is 3. The van der Waals surface area contributed by atoms with Gasteiger partial charge in [0.2, 0.25) is 0 Å². The number of nitrogens with one attached hydrogen (secondary N) is 1. The zero-order valence-corrected chi connectivity index (χ0v) is 16.4. The lowest BCUT2D eigenvalue weighted by molar-refractivity contribution is 0.130. The van der Waals surface area contributed by atoms with Crippen molar-refractivity contribution in [2.24, 2.45) is 10.8 Å². The summed E-state index contributed by atoms with van der Waals surface area (Å²) in [4.78, 5) is 24.1. The van der Waals surface area contributed by atoms with Crippen molar-refractivity contribution >= 4 is 22.8 Å². The molecule has 2 amide bonds. The van der Waals surface area contributed by atoms with Crippen molar-refractivity contribution < 1.29 is 4.79 Å². The number of urea groups is 1. The van der Waals surface area contributed by atoms with Gasteiger partial charge in [0.25, 0.3) is 0 Å². The highest BCUT2D eigenvalue weighted by Gasteiger charge is 2.51. The molecule has 1 saturated carbocycles. The predicted octanol–water partition coefficient (Wildman–Crippen LogP) is 4.68. The van der Waals surface area contributed by atoms with Crippen LogP contribution in [0.2, 0.25) is 0 Å². The summed E-state index contributed by atoms with van der Waals surface area (Å²) in [6.07, 6.45) is 3.38. The van der Waals surface area contributed by atoms with Crippen LogP contribution in [0.15, 0.2) is 18.2 Å². The molecule has 138 valence electrons. The molecule has 2 aromatic rings. The van der Waals surface area contributed by atoms with Gasteiger partial charge in [-0.25, -0.2) is 14.8 Å². The van der Waals surface area contributed by atoms with Crippen molar-refractivity contribution in [3.63, 3.8) is 0 Å². The number of rotatable bonds is 1. The number of carbonyl (C=O) groups excluding carboxylic acids is 1. The zero-order chi connectivity index (χ0) is 18.7. The second kappa shape index (κ2) is 5.66. The lowest BCUT2D eigenvalue weighted by Crippen LogP contribution is -2.40. The van der Waals surface area contributed by atoms with E-state index < -0.39 is 0 Å². The minimum atomic E-state index is 0.00701. The van der Waals surface area contributed by atoms with Crippen LogP contribution in [-0.2, 0) is 0 Å². The van der Waals surface area contributed by atoms with Gasteiger partial charge in [-0.05, 0) is 62.1 Å². The van der Waals surface area contributed by atoms with Gasteiger partial charge < -0.3 is 10.2 Å². The summed E-state index contributed by atoms with van der Waals surface area (Å²) in [6, 6.07) is 6.11. The summed E-state index contributed by atoms with van der Waals surface area (Å²) in [6.45, 7) is 11.7. The Morgan fingerprint density at radius 1 is 1.12 bits per heavy atom. The molecule has 0 spiro atoms. The van der Waals surface area contributed by atoms with Gasteiger partial charge in [0.1, 0.15) is 0 Å². The molecule has 1 N–H and O–H groups in total. The topological polar surface area (TPSA) is 58.1 Å². The zero-order valence-electron chi connectivity index (χ0n) is 16.4. The summed E-state index contributed by atoms with van der Waals surface area (Å²) >= 11 is 0. The minimum absolute atomic E-state index is 0.00701. The molecule has 2 aliphatic rings. The minimum Gasteiger partial charge on any atom is -0.321 e. The van der Waals surface area contributed by atoms with Gasteiger partial charge in [0.15, 0.2) is 0 Å². The highest BCUT2D eigenvalue weighted by Crippen LogP contribution is 2.52. The van der Waals surface area contributed by atoms with E-state index in [0.29, 0.717) is 11.5 Å². The van der Waals surface area contributed by atoms with Gasteiger partial charge in [0, 0.05) is 18.3 Å². The number of anilines is 1. The third-order valence-electron chi connectivity index (χ3n) is 6.00. The van der Waals surface area contributed by atoms with Crippen LogP contribution < -0.4 is 5.32 Å². The number of aromatic nitrogens is 2. The first-order chi connectivity index (χ1) is 12.1. The van der Waals surface area contributed by atoms with Gasteiger partial charge in [-0.1, -0.05) is 20.8 Å². The molecule has 2 heterocycles. The highest BCUT2D eigenvalue weighted by atomic mass is 16.2. The third kappa shape index (κ3) is 3.04. The second-order valence-corrected chi connectivity index (χ2v) is 9.37. The molecule has 1 aliphatic carbocycles. The Balaban J connectivity index is 1.55. The van der Waals surface area contributed by atoms with Crippen molar-refractivity contribution in [2.45, 2.75) is 59.9 Å². The molecule has 1 aliphatic heterocycles. The Morgan fingerprint density at radius 3 is 2.54 bits per heavy atom. The van der Waals surface area contributed by atoms with E-state index in [2.05, 4.69) is 36.1 Å². The molecule has 1 aromatic heterocycles. The molecule has 2 atom stereocenters. The van der Waals surface area contributed by atoms with Gasteiger partial charge in [-0.2, -0.15) is 0 Å². The summed E-state index contributed by atoms with van der Waals surface area (Å²) in [7, 11) is 0. The molecular weight excluding hydrogens is 324 g/mol. The molecule has 4 rings (SSSR count). The van der Waals surface area contributed by atoms with Crippen LogP contribution in [0.5, 0.6) is 0 Å². The van der Waals surface area contributed by atoms with E-state index in [1.54, 1.807) is 0 Å². The molecule has 1 saturated heterocycles. The van der Waals surface area contributed by atoms with Gasteiger partial charge in [-0.3, -0.25) is 0 Å². The Bertz CT molecular complexity index is 891. The molecule has 2 bridgehead atoms. The smallest absolute Gasteiger partial charge is 0.321 e. The number of hydrogen-bond acceptors (Lipinski definition) is 3. The normalized spacial score (nSPS) is 27.0. The number of carbonyl (C=O) groups is 1. The SMILES string of the molecule is Cc1nc2ccc(NC(=O)N3C[C@@]4(C)C[C@H]3CC(C)(C)C4)cc2nc1C. The van der Waals surface area contributed by atoms with Crippen molar-refractivity contribution in [1.29, 1.82) is 0 Å². The Labute approximate surface area is 155 Å². The highest BCUT2D eigenvalue weighted by molar-refractivity contribution is 5.92. The monoisotopic (exact) mass is 352 g/mol. The van der Waals surface area contributed by atoms with E-state index >= 15 is 0 Å². The van der Waals surface area contributed by atoms with E-state index in [4.69, 9.17) is 0 Å². The Hall–Kier alpha value is -2.17. The van der Waals surface area contributed by atoms with Crippen LogP contribution in [0, 0.1) is 24.7 Å². The number of benzene rings is 1. The summed E-state index contributed by atoms with van der Waals surface area (Å²) in [5, 5.41) is 3.09. The number of hydrogen-bond donors (Lipinski definition) is 1. The number of likely N-dealkylation sites (tertiary alicyclic amines) is 1. The van der Waals surface area contributed by atoms with Crippen LogP contribution in [-0.4, -0.2) is 33.5 Å². The maximum atomic E-state index is 12.9. The first-order valence-corrected chi connectivity index (χ1v) is 9.47.